The van der Waals surface area contributed by atoms with Crippen molar-refractivity contribution < 1.29 is 38.4 Å². The van der Waals surface area contributed by atoms with Crippen LogP contribution in [0.1, 0.15) is 55.4 Å². The summed E-state index contributed by atoms with van der Waals surface area (Å²) in [4.78, 5) is 109. The molecular formula is C27H50N10O8. The van der Waals surface area contributed by atoms with Crippen LogP contribution in [0.3, 0.4) is 0 Å². The molecule has 0 aliphatic carbocycles. The van der Waals surface area contributed by atoms with E-state index >= 15 is 0 Å². The van der Waals surface area contributed by atoms with Gasteiger partial charge in [-0.2, -0.15) is 0 Å². The average molecular weight is 643 g/mol. The lowest BCUT2D eigenvalue weighted by molar-refractivity contribution is -0.158. The Morgan fingerprint density at radius 3 is 0.800 bits per heavy atom. The number of Topliss-reactive ketones (excluding diaryl/α,β-unsaturated/α-hetero) is 4. The third-order valence-corrected chi connectivity index (χ3v) is 6.58. The Hall–Kier alpha value is -3.68. The van der Waals surface area contributed by atoms with E-state index in [-0.39, 0.29) is 0 Å². The van der Waals surface area contributed by atoms with Gasteiger partial charge in [-0.05, 0) is 55.4 Å². The zero-order valence-corrected chi connectivity index (χ0v) is 27.0. The van der Waals surface area contributed by atoms with Gasteiger partial charge in [0.25, 0.3) is 0 Å². The van der Waals surface area contributed by atoms with Crippen LogP contribution in [0.5, 0.6) is 0 Å². The number of nitrogens with two attached hydrogens (primary N) is 6. The van der Waals surface area contributed by atoms with Crippen molar-refractivity contribution >= 4 is 46.8 Å². The second-order valence-corrected chi connectivity index (χ2v) is 11.8. The van der Waals surface area contributed by atoms with Gasteiger partial charge < -0.3 is 55.7 Å². The van der Waals surface area contributed by atoms with E-state index in [9.17, 15) is 38.4 Å². The topological polar surface area (TPSA) is 341 Å². The Balaban J connectivity index is 7.53. The summed E-state index contributed by atoms with van der Waals surface area (Å²) in [6, 6.07) is -2.74. The molecule has 0 aromatic carbocycles. The van der Waals surface area contributed by atoms with Crippen molar-refractivity contribution in [1.82, 2.24) is 21.3 Å². The number of rotatable bonds is 18. The molecule has 0 radical (unpaired) electrons. The average Bonchev–Trinajstić information content (AvgIpc) is 2.86. The van der Waals surface area contributed by atoms with Crippen molar-refractivity contribution in [1.29, 1.82) is 0 Å². The van der Waals surface area contributed by atoms with Crippen LogP contribution in [0, 0.1) is 29.1 Å². The number of hydrogen-bond acceptors (Lipinski definition) is 14. The van der Waals surface area contributed by atoms with E-state index in [0.717, 1.165) is 13.8 Å². The molecule has 0 bridgehead atoms. The summed E-state index contributed by atoms with van der Waals surface area (Å²) in [6.45, 7) is 9.79. The van der Waals surface area contributed by atoms with E-state index in [1.165, 1.54) is 41.5 Å². The highest BCUT2D eigenvalue weighted by atomic mass is 16.2. The van der Waals surface area contributed by atoms with Crippen molar-refractivity contribution in [2.45, 2.75) is 92.1 Å². The molecule has 0 fully saturated rings. The minimum Gasteiger partial charge on any atom is -0.341 e. The van der Waals surface area contributed by atoms with Gasteiger partial charge in [-0.1, -0.05) is 0 Å². The number of carbonyl (C=O) groups excluding carboxylic acids is 8. The minimum atomic E-state index is -2.43. The normalized spacial score (nSPS) is 18.3. The van der Waals surface area contributed by atoms with Crippen LogP contribution in [-0.2, 0) is 38.4 Å². The quantitative estimate of drug-likeness (QED) is 0.0495. The fraction of sp³-hybridized carbons (Fsp3) is 0.704. The minimum absolute atomic E-state index is 1.00. The molecule has 0 heterocycles. The van der Waals surface area contributed by atoms with Crippen LogP contribution in [0.2, 0.25) is 0 Å². The van der Waals surface area contributed by atoms with Crippen LogP contribution < -0.4 is 55.7 Å². The maximum absolute atomic E-state index is 14.3. The van der Waals surface area contributed by atoms with Crippen molar-refractivity contribution in [2.24, 2.45) is 63.5 Å². The first kappa shape index (κ1) is 41.3. The molecule has 256 valence electrons. The van der Waals surface area contributed by atoms with Gasteiger partial charge in [0.05, 0.1) is 42.2 Å². The fourth-order valence-corrected chi connectivity index (χ4v) is 4.46. The first-order chi connectivity index (χ1) is 20.4. The Morgan fingerprint density at radius 2 is 0.622 bits per heavy atom. The second kappa shape index (κ2) is 17.1. The molecule has 0 aliphatic rings. The van der Waals surface area contributed by atoms with Gasteiger partial charge in [0.15, 0.2) is 23.1 Å². The Morgan fingerprint density at radius 1 is 0.422 bits per heavy atom. The first-order valence-electron chi connectivity index (χ1n) is 14.3. The SMILES string of the molecule is CC(N)NC(=O)C(C(=O)C(C)N)C(C(=O)NC(C)N)C(=O)C(C)(C)C(=O)C(C(=O)NC(C)N)C(C(=O)NC(C)N)C(=O)C(C)N. The molecule has 10 unspecified atom stereocenters. The van der Waals surface area contributed by atoms with Crippen LogP contribution in [0.25, 0.3) is 0 Å². The van der Waals surface area contributed by atoms with E-state index in [1.54, 1.807) is 0 Å². The van der Waals surface area contributed by atoms with Gasteiger partial charge in [-0.15, -0.1) is 0 Å². The largest absolute Gasteiger partial charge is 0.341 e. The van der Waals surface area contributed by atoms with Crippen molar-refractivity contribution in [2.75, 3.05) is 0 Å². The number of hydrogen-bond donors (Lipinski definition) is 10. The molecule has 0 saturated heterocycles. The zero-order valence-electron chi connectivity index (χ0n) is 27.0. The standard InChI is InChI=1S/C27H50N10O8/c1-9(28)19(38)15(23(42)34-11(3)30)17(25(44)36-13(5)32)21(40)27(7,8)22(41)18(26(45)37-14(6)33)16(20(39)10(2)29)24(43)35-12(4)31/h9-18H,28-33H2,1-8H3,(H,34,42)(H,35,43)(H,36,44)(H,37,45). The van der Waals surface area contributed by atoms with Crippen molar-refractivity contribution in [3.05, 3.63) is 0 Å². The van der Waals surface area contributed by atoms with E-state index in [4.69, 9.17) is 34.4 Å². The van der Waals surface area contributed by atoms with Crippen LogP contribution in [-0.4, -0.2) is 83.5 Å². The zero-order chi connectivity index (χ0) is 35.7. The Kier molecular flexibility index (Phi) is 15.7. The van der Waals surface area contributed by atoms with Crippen molar-refractivity contribution in [3.63, 3.8) is 0 Å². The maximum atomic E-state index is 14.3. The molecule has 4 amide bonds. The highest BCUT2D eigenvalue weighted by Gasteiger charge is 2.55. The molecule has 0 aromatic rings. The predicted molar refractivity (Wildman–Crippen MR) is 162 cm³/mol. The number of ketones is 4. The molecule has 10 atom stereocenters. The van der Waals surface area contributed by atoms with Crippen LogP contribution in [0.4, 0.5) is 0 Å². The maximum Gasteiger partial charge on any atom is 0.233 e. The molecule has 0 aromatic heterocycles. The van der Waals surface area contributed by atoms with Crippen molar-refractivity contribution in [3.8, 4) is 0 Å². The molecular weight excluding hydrogens is 592 g/mol. The third-order valence-electron chi connectivity index (χ3n) is 6.58. The molecule has 18 nitrogen and oxygen atoms in total. The van der Waals surface area contributed by atoms with Gasteiger partial charge >= 0.3 is 0 Å². The molecule has 0 rings (SSSR count). The lowest BCUT2D eigenvalue weighted by Crippen LogP contribution is -2.61. The number of carbonyl (C=O) groups is 8. The lowest BCUT2D eigenvalue weighted by Gasteiger charge is -2.35. The summed E-state index contributed by atoms with van der Waals surface area (Å²) in [6.07, 6.45) is -4.26. The summed E-state index contributed by atoms with van der Waals surface area (Å²) < 4.78 is 0. The van der Waals surface area contributed by atoms with Gasteiger partial charge in [-0.25, -0.2) is 0 Å². The molecule has 16 N–H and O–H groups in total. The lowest BCUT2D eigenvalue weighted by atomic mass is 9.66. The first-order valence-corrected chi connectivity index (χ1v) is 14.3. The summed E-state index contributed by atoms with van der Waals surface area (Å²) in [5, 5.41) is 9.01. The molecule has 0 aliphatic heterocycles. The summed E-state index contributed by atoms with van der Waals surface area (Å²) in [5.74, 6) is -18.2. The van der Waals surface area contributed by atoms with Crippen LogP contribution >= 0.6 is 0 Å². The fourth-order valence-electron chi connectivity index (χ4n) is 4.46. The molecule has 0 saturated carbocycles. The third kappa shape index (κ3) is 11.3. The summed E-state index contributed by atoms with van der Waals surface area (Å²) >= 11 is 0. The highest BCUT2D eigenvalue weighted by molar-refractivity contribution is 6.24. The van der Waals surface area contributed by atoms with Gasteiger partial charge in [0.1, 0.15) is 23.7 Å². The highest BCUT2D eigenvalue weighted by Crippen LogP contribution is 2.34. The Bertz CT molecular complexity index is 1060. The molecule has 18 heteroatoms. The van der Waals surface area contributed by atoms with Gasteiger partial charge in [-0.3, -0.25) is 38.4 Å². The monoisotopic (exact) mass is 642 g/mol. The van der Waals surface area contributed by atoms with Crippen LogP contribution in [0.15, 0.2) is 0 Å². The van der Waals surface area contributed by atoms with Gasteiger partial charge in [0, 0.05) is 0 Å². The second-order valence-electron chi connectivity index (χ2n) is 11.8. The van der Waals surface area contributed by atoms with E-state index in [1.807, 2.05) is 0 Å². The molecule has 0 spiro atoms. The molecule has 45 heavy (non-hydrogen) atoms. The van der Waals surface area contributed by atoms with E-state index in [0.29, 0.717) is 0 Å². The smallest absolute Gasteiger partial charge is 0.233 e. The predicted octanol–water partition coefficient (Wildman–Crippen LogP) is -4.87. The number of amides is 4. The summed E-state index contributed by atoms with van der Waals surface area (Å²) in [5.41, 5.74) is 31.8. The number of nitrogens with one attached hydrogen (secondary N) is 4. The summed E-state index contributed by atoms with van der Waals surface area (Å²) in [7, 11) is 0. The Labute approximate surface area is 262 Å². The van der Waals surface area contributed by atoms with Gasteiger partial charge in [0.2, 0.25) is 23.6 Å². The van der Waals surface area contributed by atoms with E-state index in [2.05, 4.69) is 21.3 Å². The van der Waals surface area contributed by atoms with E-state index < -0.39 is 113 Å².